The summed E-state index contributed by atoms with van der Waals surface area (Å²) in [7, 11) is -10.2. The Bertz CT molecular complexity index is 2090. The Labute approximate surface area is 361 Å². The van der Waals surface area contributed by atoms with Gasteiger partial charge in [-0.2, -0.15) is 5.26 Å². The first-order valence-electron chi connectivity index (χ1n) is 20.1. The quantitative estimate of drug-likeness (QED) is 0.0519. The van der Waals surface area contributed by atoms with Crippen molar-refractivity contribution < 1.29 is 59.9 Å². The Balaban J connectivity index is 1.59. The first kappa shape index (κ1) is 49.5. The zero-order valence-corrected chi connectivity index (χ0v) is 39.9. The van der Waals surface area contributed by atoms with Crippen LogP contribution in [-0.2, 0) is 47.7 Å². The predicted octanol–water partition coefficient (Wildman–Crippen LogP) is 5.91. The molecule has 25 heteroatoms. The van der Waals surface area contributed by atoms with Crippen LogP contribution in [0, 0.1) is 23.1 Å². The van der Waals surface area contributed by atoms with Crippen molar-refractivity contribution in [1.29, 1.82) is 5.26 Å². The van der Waals surface area contributed by atoms with E-state index in [9.17, 15) is 29.4 Å². The van der Waals surface area contributed by atoms with E-state index in [4.69, 9.17) is 47.9 Å². The van der Waals surface area contributed by atoms with Crippen LogP contribution >= 0.6 is 15.0 Å². The Kier molecular flexibility index (Phi) is 17.0. The number of hydrogen-bond acceptors (Lipinski definition) is 17. The van der Waals surface area contributed by atoms with Crippen molar-refractivity contribution in [3.63, 3.8) is 0 Å². The Morgan fingerprint density at radius 1 is 1.11 bits per heavy atom. The van der Waals surface area contributed by atoms with Gasteiger partial charge in [0.15, 0.2) is 17.7 Å². The van der Waals surface area contributed by atoms with Crippen LogP contribution in [0.2, 0.25) is 22.2 Å². The van der Waals surface area contributed by atoms with Crippen LogP contribution in [0.3, 0.4) is 0 Å². The van der Waals surface area contributed by atoms with E-state index >= 15 is 4.39 Å². The number of aliphatic hydroxyl groups excluding tert-OH is 1. The minimum absolute atomic E-state index is 0.107. The normalized spacial score (nSPS) is 24.9. The highest BCUT2D eigenvalue weighted by atomic mass is 32.5. The van der Waals surface area contributed by atoms with Crippen LogP contribution in [0.4, 0.5) is 4.39 Å². The Morgan fingerprint density at radius 2 is 1.82 bits per heavy atom. The molecule has 5 rings (SSSR count). The first-order chi connectivity index (χ1) is 28.8. The number of nitriles is 1. The van der Waals surface area contributed by atoms with Gasteiger partial charge >= 0.3 is 32.1 Å². The van der Waals surface area contributed by atoms with Gasteiger partial charge < -0.3 is 46.5 Å². The molecule has 1 saturated heterocycles. The highest BCUT2D eigenvalue weighted by molar-refractivity contribution is 8.07. The van der Waals surface area contributed by atoms with Crippen LogP contribution in [0.25, 0.3) is 11.0 Å². The highest BCUT2D eigenvalue weighted by Gasteiger charge is 2.60. The second-order valence-corrected chi connectivity index (χ2v) is 28.6. The minimum atomic E-state index is -4.05. The van der Waals surface area contributed by atoms with Gasteiger partial charge in [-0.1, -0.05) is 55.4 Å². The number of H-pyrrole nitrogens is 1. The van der Waals surface area contributed by atoms with Crippen molar-refractivity contribution in [2.75, 3.05) is 19.8 Å². The maximum atomic E-state index is 15.6. The van der Waals surface area contributed by atoms with Gasteiger partial charge in [-0.25, -0.2) is 19.3 Å². The molecule has 0 aromatic carbocycles. The van der Waals surface area contributed by atoms with Crippen molar-refractivity contribution in [1.82, 2.24) is 24.5 Å². The van der Waals surface area contributed by atoms with E-state index < -0.39 is 92.7 Å². The average Bonchev–Trinajstić information content (AvgIpc) is 3.85. The van der Waals surface area contributed by atoms with E-state index in [1.54, 1.807) is 6.07 Å². The van der Waals surface area contributed by atoms with Gasteiger partial charge in [0.1, 0.15) is 42.2 Å². The largest absolute Gasteiger partial charge is 0.695 e. The van der Waals surface area contributed by atoms with E-state index in [-0.39, 0.29) is 65.7 Å². The Hall–Kier alpha value is -2.50. The summed E-state index contributed by atoms with van der Waals surface area (Å²) in [5.74, 6) is -1.20. The molecule has 4 heterocycles. The predicted molar refractivity (Wildman–Crippen MR) is 227 cm³/mol. The molecule has 3 aromatic rings. The smallest absolute Gasteiger partial charge is 0.474 e. The molecule has 9 atom stereocenters. The number of ether oxygens (including phenoxy) is 2. The van der Waals surface area contributed by atoms with Crippen molar-refractivity contribution in [2.24, 2.45) is 5.92 Å². The zero-order valence-electron chi connectivity index (χ0n) is 35.3. The van der Waals surface area contributed by atoms with Gasteiger partial charge in [0.2, 0.25) is 5.88 Å². The first-order valence-corrected chi connectivity index (χ1v) is 27.8. The third-order valence-electron chi connectivity index (χ3n) is 11.0. The summed E-state index contributed by atoms with van der Waals surface area (Å²) >= 11 is 6.06. The van der Waals surface area contributed by atoms with Gasteiger partial charge in [0.25, 0.3) is 5.56 Å². The number of aromatic amines is 1. The zero-order chi connectivity index (χ0) is 44.9. The minimum Gasteiger partial charge on any atom is -0.474 e. The maximum Gasteiger partial charge on any atom is 0.695 e. The maximum absolute atomic E-state index is 15.6. The molecule has 2 unspecified atom stereocenters. The number of aromatic nitrogens is 5. The van der Waals surface area contributed by atoms with Crippen LogP contribution in [-0.4, -0.2) is 107 Å². The third kappa shape index (κ3) is 11.2. The lowest BCUT2D eigenvalue weighted by atomic mass is 10.1. The SMILES string of the molecule is CC(C)[Si](O)(O[Si](O[C@H]1[C@@H](OP(=S)(OCCC#N)OC[C@H]2C[C@@H](Oc3ccncn3)C[C@@H]2O[P+](=O)O)[C@H](n2cc(F)c3c(=O)[nH]cnc32)O[C@@H]1CO)(C(C)C)C(C)C)C(C)C. The van der Waals surface area contributed by atoms with E-state index in [0.29, 0.717) is 5.88 Å². The molecule has 0 amide bonds. The summed E-state index contributed by atoms with van der Waals surface area (Å²) in [6.45, 7) is 10.2. The number of aliphatic hydroxyl groups is 1. The number of hydrogen-bond donors (Lipinski definition) is 4. The van der Waals surface area contributed by atoms with Gasteiger partial charge in [0.05, 0.1) is 38.6 Å². The van der Waals surface area contributed by atoms with Crippen LogP contribution in [0.5, 0.6) is 5.88 Å². The molecule has 1 aliphatic carbocycles. The molecule has 0 spiro atoms. The summed E-state index contributed by atoms with van der Waals surface area (Å²) in [5, 5.41) is 20.0. The van der Waals surface area contributed by atoms with Crippen molar-refractivity contribution in [2.45, 2.75) is 134 Å². The van der Waals surface area contributed by atoms with E-state index in [1.807, 2.05) is 61.5 Å². The standard InChI is InChI=1S/C36H55FN6O13P2SSi2/c1-21(2)60(48,22(3)4)56-61(23(5)6,24(7)8)55-32-29(17-44)52-36(43-16-27(37)31-34(43)41-20-42-35(31)45)33(32)54-58(59,49-13-9-11-38)50-18-25-14-26(15-28(25)53-57(46)47)51-30-10-12-39-19-40-30/h10,12,16,19-26,28-29,32-33,36,44,48H,9,13-15,17-18H2,1-8H3,(H-,41,42,45,46,47)/p+1/t25-,26-,28+,29-,32-,33-,36-,58?/m1/s1. The van der Waals surface area contributed by atoms with Crippen LogP contribution in [0.1, 0.15) is 80.9 Å². The molecule has 0 radical (unpaired) electrons. The molecule has 2 fully saturated rings. The lowest BCUT2D eigenvalue weighted by Gasteiger charge is -2.47. The summed E-state index contributed by atoms with van der Waals surface area (Å²) < 4.78 is 80.1. The number of fused-ring (bicyclic) bond motifs is 1. The van der Waals surface area contributed by atoms with Crippen molar-refractivity contribution >= 4 is 54.9 Å². The van der Waals surface area contributed by atoms with Crippen molar-refractivity contribution in [3.8, 4) is 11.9 Å². The summed E-state index contributed by atoms with van der Waals surface area (Å²) in [4.78, 5) is 49.4. The van der Waals surface area contributed by atoms with E-state index in [0.717, 1.165) is 12.5 Å². The highest BCUT2D eigenvalue weighted by Crippen LogP contribution is 2.56. The van der Waals surface area contributed by atoms with E-state index in [1.165, 1.54) is 17.1 Å². The third-order valence-corrected chi connectivity index (χ3v) is 23.6. The molecule has 19 nitrogen and oxygen atoms in total. The number of halogens is 1. The lowest BCUT2D eigenvalue weighted by molar-refractivity contribution is -0.0508. The second-order valence-electron chi connectivity index (χ2n) is 16.3. The fourth-order valence-electron chi connectivity index (χ4n) is 7.86. The fourth-order valence-corrected chi connectivity index (χ4v) is 20.4. The molecule has 1 aliphatic heterocycles. The lowest BCUT2D eigenvalue weighted by Crippen LogP contribution is -2.62. The van der Waals surface area contributed by atoms with Crippen molar-refractivity contribution in [3.05, 3.63) is 47.3 Å². The molecular weight excluding hydrogens is 894 g/mol. The molecule has 3 aromatic heterocycles. The van der Waals surface area contributed by atoms with Gasteiger partial charge in [0, 0.05) is 35.4 Å². The molecule has 61 heavy (non-hydrogen) atoms. The number of nitrogens with one attached hydrogen (secondary N) is 1. The van der Waals surface area contributed by atoms with Crippen LogP contribution < -0.4 is 10.3 Å². The monoisotopic (exact) mass is 949 g/mol. The molecule has 0 bridgehead atoms. The van der Waals surface area contributed by atoms with E-state index in [2.05, 4.69) is 19.9 Å². The van der Waals surface area contributed by atoms with Gasteiger partial charge in [-0.15, -0.1) is 9.42 Å². The topological polar surface area (TPSA) is 252 Å². The summed E-state index contributed by atoms with van der Waals surface area (Å²) in [6.07, 6.45) is -1.17. The summed E-state index contributed by atoms with van der Waals surface area (Å²) in [6, 6.07) is 3.57. The van der Waals surface area contributed by atoms with Crippen LogP contribution in [0.15, 0.2) is 35.9 Å². The Morgan fingerprint density at radius 3 is 2.41 bits per heavy atom. The summed E-state index contributed by atoms with van der Waals surface area (Å²) in [5.41, 5.74) is -1.90. The number of rotatable bonds is 22. The van der Waals surface area contributed by atoms with Gasteiger partial charge in [-0.05, 0) is 40.4 Å². The molecule has 4 N–H and O–H groups in total. The molecule has 2 aliphatic rings. The molecular formula is C36H56FN6O13P2SSi2+. The fraction of sp³-hybridized carbons (Fsp3) is 0.694. The molecule has 1 saturated carbocycles. The van der Waals surface area contributed by atoms with Gasteiger partial charge in [-0.3, -0.25) is 9.32 Å². The average molecular weight is 950 g/mol. The number of nitrogens with zero attached hydrogens (tertiary/aromatic N) is 5. The molecule has 338 valence electrons. The second kappa shape index (κ2) is 21.0.